The van der Waals surface area contributed by atoms with E-state index in [4.69, 9.17) is 0 Å². The van der Waals surface area contributed by atoms with Gasteiger partial charge in [-0.15, -0.1) is 0 Å². The molecule has 0 saturated carbocycles. The van der Waals surface area contributed by atoms with E-state index in [1.54, 1.807) is 0 Å². The normalized spacial score (nSPS) is 12.5. The van der Waals surface area contributed by atoms with Gasteiger partial charge in [-0.25, -0.2) is 0 Å². The second-order valence-electron chi connectivity index (χ2n) is 3.25. The van der Waals surface area contributed by atoms with E-state index in [1.165, 1.54) is 0 Å². The number of hydrogen-bond donors (Lipinski definition) is 1. The van der Waals surface area contributed by atoms with Gasteiger partial charge in [0, 0.05) is 17.8 Å². The maximum atomic E-state index is 11.3. The zero-order valence-corrected chi connectivity index (χ0v) is 10.2. The lowest BCUT2D eigenvalue weighted by Gasteiger charge is -2.15. The lowest BCUT2D eigenvalue weighted by atomic mass is 10.1. The number of carbonyl (C=O) groups is 1. The molecule has 13 heavy (non-hydrogen) atoms. The Morgan fingerprint density at radius 3 is 2.62 bits per heavy atom. The summed E-state index contributed by atoms with van der Waals surface area (Å²) in [5.41, 5.74) is 0. The van der Waals surface area contributed by atoms with Gasteiger partial charge in [0.15, 0.2) is 0 Å². The summed E-state index contributed by atoms with van der Waals surface area (Å²) in [6.07, 6.45) is 4.80. The van der Waals surface area contributed by atoms with E-state index in [0.717, 1.165) is 31.0 Å². The molecule has 0 aromatic heterocycles. The molecule has 1 N–H and O–H groups in total. The Balaban J connectivity index is 3.60. The standard InChI is InChI=1S/C10H20BrNO/c1-3-5-6-10(13)12-9(4-2)7-8-11/h9H,3-8H2,1-2H3,(H,12,13). The van der Waals surface area contributed by atoms with Crippen LogP contribution < -0.4 is 5.32 Å². The summed E-state index contributed by atoms with van der Waals surface area (Å²) in [5, 5.41) is 3.99. The first-order chi connectivity index (χ1) is 6.24. The fourth-order valence-corrected chi connectivity index (χ4v) is 1.70. The highest BCUT2D eigenvalue weighted by Crippen LogP contribution is 2.02. The number of hydrogen-bond acceptors (Lipinski definition) is 1. The summed E-state index contributed by atoms with van der Waals surface area (Å²) in [4.78, 5) is 11.3. The van der Waals surface area contributed by atoms with Crippen molar-refractivity contribution in [2.24, 2.45) is 0 Å². The van der Waals surface area contributed by atoms with Crippen LogP contribution in [-0.2, 0) is 4.79 Å². The summed E-state index contributed by atoms with van der Waals surface area (Å²) in [6, 6.07) is 0.351. The smallest absolute Gasteiger partial charge is 0.220 e. The first-order valence-corrected chi connectivity index (χ1v) is 6.22. The highest BCUT2D eigenvalue weighted by molar-refractivity contribution is 9.09. The van der Waals surface area contributed by atoms with Gasteiger partial charge in [-0.3, -0.25) is 4.79 Å². The van der Waals surface area contributed by atoms with Gasteiger partial charge >= 0.3 is 0 Å². The third-order valence-electron chi connectivity index (χ3n) is 2.07. The Morgan fingerprint density at radius 1 is 1.46 bits per heavy atom. The molecule has 3 heteroatoms. The van der Waals surface area contributed by atoms with Gasteiger partial charge in [-0.05, 0) is 19.3 Å². The Bertz CT molecular complexity index is 139. The summed E-state index contributed by atoms with van der Waals surface area (Å²) in [5.74, 6) is 0.203. The molecule has 0 fully saturated rings. The largest absolute Gasteiger partial charge is 0.353 e. The van der Waals surface area contributed by atoms with Crippen molar-refractivity contribution in [1.82, 2.24) is 5.32 Å². The minimum atomic E-state index is 0.203. The van der Waals surface area contributed by atoms with Crippen LogP contribution >= 0.6 is 15.9 Å². The predicted molar refractivity (Wildman–Crippen MR) is 60.2 cm³/mol. The van der Waals surface area contributed by atoms with Crippen LogP contribution in [0.25, 0.3) is 0 Å². The SMILES string of the molecule is CCCCC(=O)NC(CC)CCBr. The van der Waals surface area contributed by atoms with Gasteiger partial charge in [0.25, 0.3) is 0 Å². The molecular weight excluding hydrogens is 230 g/mol. The lowest BCUT2D eigenvalue weighted by molar-refractivity contribution is -0.121. The number of unbranched alkanes of at least 4 members (excludes halogenated alkanes) is 1. The van der Waals surface area contributed by atoms with Crippen molar-refractivity contribution in [3.8, 4) is 0 Å². The van der Waals surface area contributed by atoms with Crippen LogP contribution in [0.5, 0.6) is 0 Å². The highest BCUT2D eigenvalue weighted by Gasteiger charge is 2.08. The molecule has 1 amide bonds. The van der Waals surface area contributed by atoms with E-state index in [0.29, 0.717) is 12.5 Å². The predicted octanol–water partition coefficient (Wildman–Crippen LogP) is 2.86. The monoisotopic (exact) mass is 249 g/mol. The molecule has 0 aromatic carbocycles. The Hall–Kier alpha value is -0.0500. The maximum absolute atomic E-state index is 11.3. The number of carbonyl (C=O) groups excluding carboxylic acids is 1. The quantitative estimate of drug-likeness (QED) is 0.691. The van der Waals surface area contributed by atoms with Crippen molar-refractivity contribution in [2.75, 3.05) is 5.33 Å². The van der Waals surface area contributed by atoms with Crippen LogP contribution in [-0.4, -0.2) is 17.3 Å². The van der Waals surface area contributed by atoms with Crippen molar-refractivity contribution in [3.05, 3.63) is 0 Å². The number of amides is 1. The van der Waals surface area contributed by atoms with E-state index >= 15 is 0 Å². The molecule has 0 spiro atoms. The van der Waals surface area contributed by atoms with Gasteiger partial charge in [-0.2, -0.15) is 0 Å². The molecule has 1 unspecified atom stereocenters. The van der Waals surface area contributed by atoms with Gasteiger partial charge in [0.05, 0.1) is 0 Å². The van der Waals surface area contributed by atoms with Gasteiger partial charge < -0.3 is 5.32 Å². The first-order valence-electron chi connectivity index (χ1n) is 5.09. The van der Waals surface area contributed by atoms with E-state index in [2.05, 4.69) is 35.1 Å². The number of nitrogens with one attached hydrogen (secondary N) is 1. The van der Waals surface area contributed by atoms with Gasteiger partial charge in [0.1, 0.15) is 0 Å². The molecule has 0 heterocycles. The topological polar surface area (TPSA) is 29.1 Å². The average Bonchev–Trinajstić information content (AvgIpc) is 2.14. The summed E-state index contributed by atoms with van der Waals surface area (Å²) in [7, 11) is 0. The average molecular weight is 250 g/mol. The molecule has 1 atom stereocenters. The van der Waals surface area contributed by atoms with Crippen molar-refractivity contribution in [3.63, 3.8) is 0 Å². The van der Waals surface area contributed by atoms with E-state index in [1.807, 2.05) is 0 Å². The van der Waals surface area contributed by atoms with Gasteiger partial charge in [-0.1, -0.05) is 36.2 Å². The molecule has 78 valence electrons. The summed E-state index contributed by atoms with van der Waals surface area (Å²) < 4.78 is 0. The number of halogens is 1. The maximum Gasteiger partial charge on any atom is 0.220 e. The van der Waals surface area contributed by atoms with Crippen LogP contribution in [0.2, 0.25) is 0 Å². The molecular formula is C10H20BrNO. The molecule has 0 bridgehead atoms. The second kappa shape index (κ2) is 8.54. The van der Waals surface area contributed by atoms with Crippen molar-refractivity contribution < 1.29 is 4.79 Å². The Kier molecular flexibility index (Phi) is 8.51. The third-order valence-corrected chi connectivity index (χ3v) is 2.53. The van der Waals surface area contributed by atoms with E-state index < -0.39 is 0 Å². The Morgan fingerprint density at radius 2 is 2.15 bits per heavy atom. The van der Waals surface area contributed by atoms with Gasteiger partial charge in [0.2, 0.25) is 5.91 Å². The van der Waals surface area contributed by atoms with Crippen LogP contribution in [0, 0.1) is 0 Å². The van der Waals surface area contributed by atoms with Crippen molar-refractivity contribution in [2.45, 2.75) is 52.0 Å². The molecule has 0 aliphatic carbocycles. The minimum Gasteiger partial charge on any atom is -0.353 e. The van der Waals surface area contributed by atoms with Crippen molar-refractivity contribution >= 4 is 21.8 Å². The summed E-state index contributed by atoms with van der Waals surface area (Å²) >= 11 is 3.38. The molecule has 0 rings (SSSR count). The molecule has 0 aliphatic rings. The van der Waals surface area contributed by atoms with E-state index in [-0.39, 0.29) is 5.91 Å². The fourth-order valence-electron chi connectivity index (χ4n) is 1.15. The van der Waals surface area contributed by atoms with Crippen LogP contribution in [0.4, 0.5) is 0 Å². The third kappa shape index (κ3) is 7.05. The molecule has 0 saturated heterocycles. The van der Waals surface area contributed by atoms with Crippen molar-refractivity contribution in [1.29, 1.82) is 0 Å². The molecule has 0 aromatic rings. The van der Waals surface area contributed by atoms with Crippen LogP contribution in [0.1, 0.15) is 46.0 Å². The fraction of sp³-hybridized carbons (Fsp3) is 0.900. The van der Waals surface area contributed by atoms with E-state index in [9.17, 15) is 4.79 Å². The highest BCUT2D eigenvalue weighted by atomic mass is 79.9. The zero-order valence-electron chi connectivity index (χ0n) is 8.61. The number of rotatable bonds is 7. The second-order valence-corrected chi connectivity index (χ2v) is 4.05. The number of alkyl halides is 1. The molecule has 2 nitrogen and oxygen atoms in total. The molecule has 0 radical (unpaired) electrons. The lowest BCUT2D eigenvalue weighted by Crippen LogP contribution is -2.34. The van der Waals surface area contributed by atoms with Crippen LogP contribution in [0.3, 0.4) is 0 Å². The zero-order chi connectivity index (χ0) is 10.1. The molecule has 0 aliphatic heterocycles. The first kappa shape index (κ1) is 12.9. The summed E-state index contributed by atoms with van der Waals surface area (Å²) in [6.45, 7) is 4.20. The minimum absolute atomic E-state index is 0.203. The Labute approximate surface area is 89.6 Å². The van der Waals surface area contributed by atoms with Crippen LogP contribution in [0.15, 0.2) is 0 Å².